The Morgan fingerprint density at radius 2 is 1.50 bits per heavy atom. The zero-order chi connectivity index (χ0) is 13.8. The van der Waals surface area contributed by atoms with Gasteiger partial charge in [-0.3, -0.25) is 0 Å². The van der Waals surface area contributed by atoms with E-state index in [0.717, 1.165) is 5.69 Å². The second kappa shape index (κ2) is 5.79. The number of hydrogen-bond donors (Lipinski definition) is 1. The van der Waals surface area contributed by atoms with Crippen LogP contribution < -0.4 is 5.32 Å². The summed E-state index contributed by atoms with van der Waals surface area (Å²) >= 11 is 0. The lowest BCUT2D eigenvalue weighted by Gasteiger charge is -2.28. The molecule has 0 saturated heterocycles. The lowest BCUT2D eigenvalue weighted by atomic mass is 9.86. The fourth-order valence-electron chi connectivity index (χ4n) is 2.66. The standard InChI is InChI=1S/C19H19N/c1-15-12-13-19(20-17-10-6-3-7-11-17)18(14-15)16-8-4-2-5-9-16/h2-14,18-20H,1H3. The molecular formula is C19H19N. The highest BCUT2D eigenvalue weighted by atomic mass is 14.9. The summed E-state index contributed by atoms with van der Waals surface area (Å²) in [5, 5.41) is 3.62. The summed E-state index contributed by atoms with van der Waals surface area (Å²) in [6.45, 7) is 2.16. The van der Waals surface area contributed by atoms with E-state index in [1.807, 2.05) is 6.07 Å². The minimum atomic E-state index is 0.295. The predicted octanol–water partition coefficient (Wildman–Crippen LogP) is 4.77. The van der Waals surface area contributed by atoms with Crippen LogP contribution in [0, 0.1) is 0 Å². The van der Waals surface area contributed by atoms with E-state index in [1.165, 1.54) is 11.1 Å². The molecular weight excluding hydrogens is 242 g/mol. The van der Waals surface area contributed by atoms with Gasteiger partial charge in [0.25, 0.3) is 0 Å². The van der Waals surface area contributed by atoms with Gasteiger partial charge in [0.1, 0.15) is 0 Å². The summed E-state index contributed by atoms with van der Waals surface area (Å²) in [5.74, 6) is 0.376. The maximum absolute atomic E-state index is 3.62. The van der Waals surface area contributed by atoms with E-state index < -0.39 is 0 Å². The third-order valence-corrected chi connectivity index (χ3v) is 3.69. The fraction of sp³-hybridized carbons (Fsp3) is 0.158. The highest BCUT2D eigenvalue weighted by molar-refractivity contribution is 5.48. The number of anilines is 1. The summed E-state index contributed by atoms with van der Waals surface area (Å²) < 4.78 is 0. The Hall–Kier alpha value is -2.28. The minimum Gasteiger partial charge on any atom is -0.378 e. The molecule has 0 aliphatic heterocycles. The second-order valence-electron chi connectivity index (χ2n) is 5.24. The molecule has 0 spiro atoms. The molecule has 0 bridgehead atoms. The molecule has 1 heteroatoms. The van der Waals surface area contributed by atoms with E-state index in [1.54, 1.807) is 0 Å². The summed E-state index contributed by atoms with van der Waals surface area (Å²) in [6, 6.07) is 21.4. The highest BCUT2D eigenvalue weighted by Gasteiger charge is 2.21. The monoisotopic (exact) mass is 261 g/mol. The summed E-state index contributed by atoms with van der Waals surface area (Å²) in [4.78, 5) is 0. The zero-order valence-corrected chi connectivity index (χ0v) is 11.7. The molecule has 1 nitrogen and oxygen atoms in total. The molecule has 2 atom stereocenters. The van der Waals surface area contributed by atoms with Crippen molar-refractivity contribution in [1.82, 2.24) is 0 Å². The van der Waals surface area contributed by atoms with Gasteiger partial charge in [-0.25, -0.2) is 0 Å². The molecule has 0 aromatic heterocycles. The molecule has 1 aliphatic carbocycles. The second-order valence-corrected chi connectivity index (χ2v) is 5.24. The fourth-order valence-corrected chi connectivity index (χ4v) is 2.66. The van der Waals surface area contributed by atoms with Gasteiger partial charge >= 0.3 is 0 Å². The van der Waals surface area contributed by atoms with Gasteiger partial charge in [0, 0.05) is 11.6 Å². The molecule has 3 rings (SSSR count). The maximum atomic E-state index is 3.62. The Kier molecular flexibility index (Phi) is 3.69. The third kappa shape index (κ3) is 2.83. The maximum Gasteiger partial charge on any atom is 0.0551 e. The van der Waals surface area contributed by atoms with E-state index in [9.17, 15) is 0 Å². The summed E-state index contributed by atoms with van der Waals surface area (Å²) in [6.07, 6.45) is 6.80. The van der Waals surface area contributed by atoms with Gasteiger partial charge < -0.3 is 5.32 Å². The van der Waals surface area contributed by atoms with Gasteiger partial charge in [-0.05, 0) is 24.6 Å². The van der Waals surface area contributed by atoms with E-state index >= 15 is 0 Å². The van der Waals surface area contributed by atoms with Crippen LogP contribution in [0.5, 0.6) is 0 Å². The molecule has 2 unspecified atom stereocenters. The number of allylic oxidation sites excluding steroid dienone is 2. The molecule has 0 heterocycles. The zero-order valence-electron chi connectivity index (χ0n) is 11.7. The van der Waals surface area contributed by atoms with Gasteiger partial charge in [-0.2, -0.15) is 0 Å². The first-order valence-electron chi connectivity index (χ1n) is 7.06. The first kappa shape index (κ1) is 12.7. The number of hydrogen-bond acceptors (Lipinski definition) is 1. The molecule has 2 aromatic carbocycles. The van der Waals surface area contributed by atoms with Crippen molar-refractivity contribution in [2.75, 3.05) is 5.32 Å². The van der Waals surface area contributed by atoms with E-state index in [0.29, 0.717) is 12.0 Å². The Balaban J connectivity index is 1.87. The van der Waals surface area contributed by atoms with Crippen molar-refractivity contribution in [1.29, 1.82) is 0 Å². The van der Waals surface area contributed by atoms with E-state index in [-0.39, 0.29) is 0 Å². The largest absolute Gasteiger partial charge is 0.378 e. The lowest BCUT2D eigenvalue weighted by molar-refractivity contribution is 0.749. The third-order valence-electron chi connectivity index (χ3n) is 3.69. The Morgan fingerprint density at radius 1 is 0.850 bits per heavy atom. The van der Waals surface area contributed by atoms with Crippen LogP contribution in [-0.2, 0) is 0 Å². The van der Waals surface area contributed by atoms with Crippen molar-refractivity contribution in [3.05, 3.63) is 90.0 Å². The number of nitrogens with one attached hydrogen (secondary N) is 1. The van der Waals surface area contributed by atoms with Crippen LogP contribution in [0.1, 0.15) is 18.4 Å². The van der Waals surface area contributed by atoms with Crippen molar-refractivity contribution < 1.29 is 0 Å². The van der Waals surface area contributed by atoms with Crippen molar-refractivity contribution in [2.45, 2.75) is 18.9 Å². The molecule has 0 fully saturated rings. The first-order valence-corrected chi connectivity index (χ1v) is 7.06. The summed E-state index contributed by atoms with van der Waals surface area (Å²) in [5.41, 5.74) is 3.84. The van der Waals surface area contributed by atoms with E-state index in [2.05, 4.69) is 85.1 Å². The van der Waals surface area contributed by atoms with Gasteiger partial charge in [-0.1, -0.05) is 72.3 Å². The number of rotatable bonds is 3. The average molecular weight is 261 g/mol. The van der Waals surface area contributed by atoms with Crippen LogP contribution in [0.2, 0.25) is 0 Å². The van der Waals surface area contributed by atoms with Crippen LogP contribution in [0.3, 0.4) is 0 Å². The van der Waals surface area contributed by atoms with Crippen LogP contribution in [-0.4, -0.2) is 6.04 Å². The molecule has 0 saturated carbocycles. The average Bonchev–Trinajstić information content (AvgIpc) is 2.51. The van der Waals surface area contributed by atoms with Crippen molar-refractivity contribution in [3.8, 4) is 0 Å². The topological polar surface area (TPSA) is 12.0 Å². The molecule has 100 valence electrons. The molecule has 1 aliphatic rings. The Labute approximate surface area is 120 Å². The van der Waals surface area contributed by atoms with Crippen LogP contribution in [0.15, 0.2) is 84.5 Å². The quantitative estimate of drug-likeness (QED) is 0.839. The van der Waals surface area contributed by atoms with Gasteiger partial charge in [0.15, 0.2) is 0 Å². The molecule has 0 radical (unpaired) electrons. The molecule has 20 heavy (non-hydrogen) atoms. The predicted molar refractivity (Wildman–Crippen MR) is 85.9 cm³/mol. The SMILES string of the molecule is CC1=CC(c2ccccc2)C(Nc2ccccc2)C=C1. The van der Waals surface area contributed by atoms with Crippen LogP contribution in [0.25, 0.3) is 0 Å². The first-order chi connectivity index (χ1) is 9.83. The van der Waals surface area contributed by atoms with Crippen LogP contribution in [0.4, 0.5) is 5.69 Å². The van der Waals surface area contributed by atoms with Gasteiger partial charge in [0.2, 0.25) is 0 Å². The molecule has 1 N–H and O–H groups in total. The Bertz CT molecular complexity index is 611. The smallest absolute Gasteiger partial charge is 0.0551 e. The van der Waals surface area contributed by atoms with Gasteiger partial charge in [0.05, 0.1) is 6.04 Å². The lowest BCUT2D eigenvalue weighted by Crippen LogP contribution is -2.26. The Morgan fingerprint density at radius 3 is 2.20 bits per heavy atom. The normalized spacial score (nSPS) is 21.4. The van der Waals surface area contributed by atoms with Gasteiger partial charge in [-0.15, -0.1) is 0 Å². The van der Waals surface area contributed by atoms with Crippen molar-refractivity contribution in [2.24, 2.45) is 0 Å². The van der Waals surface area contributed by atoms with Crippen molar-refractivity contribution in [3.63, 3.8) is 0 Å². The number of benzene rings is 2. The van der Waals surface area contributed by atoms with Crippen LogP contribution >= 0.6 is 0 Å². The highest BCUT2D eigenvalue weighted by Crippen LogP contribution is 2.29. The summed E-state index contributed by atoms with van der Waals surface area (Å²) in [7, 11) is 0. The minimum absolute atomic E-state index is 0.295. The molecule has 0 amide bonds. The van der Waals surface area contributed by atoms with E-state index in [4.69, 9.17) is 0 Å². The molecule has 2 aromatic rings. The number of para-hydroxylation sites is 1. The van der Waals surface area contributed by atoms with Crippen molar-refractivity contribution >= 4 is 5.69 Å².